The topological polar surface area (TPSA) is 84.9 Å². The Morgan fingerprint density at radius 1 is 1.20 bits per heavy atom. The summed E-state index contributed by atoms with van der Waals surface area (Å²) in [6.07, 6.45) is 1.05. The van der Waals surface area contributed by atoms with Crippen LogP contribution in [0, 0.1) is 0 Å². The van der Waals surface area contributed by atoms with Crippen molar-refractivity contribution >= 4 is 29.1 Å². The van der Waals surface area contributed by atoms with Gasteiger partial charge in [0, 0.05) is 25.8 Å². The van der Waals surface area contributed by atoms with Crippen molar-refractivity contribution in [3.8, 4) is 0 Å². The zero-order valence-corrected chi connectivity index (χ0v) is 19.0. The molecule has 0 bridgehead atoms. The molecule has 1 aliphatic rings. The van der Waals surface area contributed by atoms with Crippen molar-refractivity contribution in [2.75, 3.05) is 18.8 Å². The summed E-state index contributed by atoms with van der Waals surface area (Å²) >= 11 is 1.22. The molecular weight excluding hydrogens is 404 g/mol. The van der Waals surface area contributed by atoms with E-state index < -0.39 is 23.3 Å². The number of alkyl carbamates (subject to hydrolysis) is 1. The number of amides is 2. The summed E-state index contributed by atoms with van der Waals surface area (Å²) in [5.74, 6) is 0.554. The van der Waals surface area contributed by atoms with Gasteiger partial charge in [0.05, 0.1) is 5.54 Å². The zero-order chi connectivity index (χ0) is 22.2. The molecule has 1 aromatic carbocycles. The Balaban J connectivity index is 2.04. The normalized spacial score (nSPS) is 19.1. The molecule has 0 radical (unpaired) electrons. The molecule has 8 heteroatoms. The standard InChI is InChI=1S/C22H32N2O5S/c1-17(25)30-14-12-22(23-19(26)29-21(2,3)4)11-8-13-24(16-22)20(27)28-15-18-9-6-5-7-10-18/h5-7,9-10H,8,11-16H2,1-4H3,(H,23,26). The summed E-state index contributed by atoms with van der Waals surface area (Å²) in [5, 5.41) is 3.01. The number of benzene rings is 1. The Labute approximate surface area is 182 Å². The highest BCUT2D eigenvalue weighted by Gasteiger charge is 2.39. The van der Waals surface area contributed by atoms with Crippen molar-refractivity contribution in [3.63, 3.8) is 0 Å². The van der Waals surface area contributed by atoms with Gasteiger partial charge in [-0.2, -0.15) is 0 Å². The van der Waals surface area contributed by atoms with Crippen LogP contribution in [0.2, 0.25) is 0 Å². The number of hydrogen-bond acceptors (Lipinski definition) is 6. The van der Waals surface area contributed by atoms with E-state index in [1.807, 2.05) is 30.3 Å². The average Bonchev–Trinajstić information content (AvgIpc) is 2.65. The molecule has 0 spiro atoms. The van der Waals surface area contributed by atoms with Crippen LogP contribution in [-0.4, -0.2) is 52.2 Å². The molecule has 2 rings (SSSR count). The van der Waals surface area contributed by atoms with Crippen LogP contribution < -0.4 is 5.32 Å². The molecule has 1 atom stereocenters. The van der Waals surface area contributed by atoms with Gasteiger partial charge >= 0.3 is 12.2 Å². The summed E-state index contributed by atoms with van der Waals surface area (Å²) in [6.45, 7) is 8.01. The fourth-order valence-electron chi connectivity index (χ4n) is 3.38. The highest BCUT2D eigenvalue weighted by atomic mass is 32.2. The van der Waals surface area contributed by atoms with Crippen LogP contribution in [0.1, 0.15) is 52.5 Å². The van der Waals surface area contributed by atoms with E-state index in [1.54, 1.807) is 25.7 Å². The predicted molar refractivity (Wildman–Crippen MR) is 117 cm³/mol. The van der Waals surface area contributed by atoms with E-state index in [1.165, 1.54) is 18.7 Å². The summed E-state index contributed by atoms with van der Waals surface area (Å²) in [6, 6.07) is 9.50. The maximum absolute atomic E-state index is 12.7. The second-order valence-electron chi connectivity index (χ2n) is 8.56. The predicted octanol–water partition coefficient (Wildman–Crippen LogP) is 4.35. The summed E-state index contributed by atoms with van der Waals surface area (Å²) in [7, 11) is 0. The van der Waals surface area contributed by atoms with Crippen molar-refractivity contribution in [2.45, 2.75) is 64.7 Å². The van der Waals surface area contributed by atoms with Crippen LogP contribution >= 0.6 is 11.8 Å². The molecule has 1 aliphatic heterocycles. The number of nitrogens with zero attached hydrogens (tertiary/aromatic N) is 1. The molecule has 0 aromatic heterocycles. The number of ether oxygens (including phenoxy) is 2. The SMILES string of the molecule is CC(=O)SCCC1(NC(=O)OC(C)(C)C)CCCN(C(=O)OCc2ccccc2)C1. The average molecular weight is 437 g/mol. The first-order chi connectivity index (χ1) is 14.1. The number of likely N-dealkylation sites (tertiary alicyclic amines) is 1. The quantitative estimate of drug-likeness (QED) is 0.714. The van der Waals surface area contributed by atoms with Gasteiger partial charge < -0.3 is 19.7 Å². The van der Waals surface area contributed by atoms with Gasteiger partial charge in [-0.3, -0.25) is 4.79 Å². The Bertz CT molecular complexity index is 735. The Hall–Kier alpha value is -2.22. The lowest BCUT2D eigenvalue weighted by Crippen LogP contribution is -2.60. The largest absolute Gasteiger partial charge is 0.445 e. The van der Waals surface area contributed by atoms with Gasteiger partial charge in [0.1, 0.15) is 12.2 Å². The number of nitrogens with one attached hydrogen (secondary N) is 1. The van der Waals surface area contributed by atoms with Crippen molar-refractivity contribution in [1.29, 1.82) is 0 Å². The Morgan fingerprint density at radius 2 is 1.90 bits per heavy atom. The van der Waals surface area contributed by atoms with Gasteiger partial charge in [-0.1, -0.05) is 42.1 Å². The van der Waals surface area contributed by atoms with Crippen LogP contribution in [0.4, 0.5) is 9.59 Å². The molecule has 1 heterocycles. The van der Waals surface area contributed by atoms with Crippen molar-refractivity contribution in [2.24, 2.45) is 0 Å². The summed E-state index contributed by atoms with van der Waals surface area (Å²) < 4.78 is 10.9. The number of piperidine rings is 1. The molecule has 1 fully saturated rings. The third-order valence-electron chi connectivity index (χ3n) is 4.69. The number of hydrogen-bond donors (Lipinski definition) is 1. The fraction of sp³-hybridized carbons (Fsp3) is 0.591. The maximum atomic E-state index is 12.7. The monoisotopic (exact) mass is 436 g/mol. The summed E-state index contributed by atoms with van der Waals surface area (Å²) in [4.78, 5) is 38.1. The highest BCUT2D eigenvalue weighted by molar-refractivity contribution is 8.13. The molecule has 30 heavy (non-hydrogen) atoms. The van der Waals surface area contributed by atoms with Gasteiger partial charge in [-0.15, -0.1) is 0 Å². The van der Waals surface area contributed by atoms with Gasteiger partial charge in [-0.25, -0.2) is 9.59 Å². The first-order valence-electron chi connectivity index (χ1n) is 10.2. The molecule has 1 aromatic rings. The number of rotatable bonds is 6. The van der Waals surface area contributed by atoms with Gasteiger partial charge in [0.15, 0.2) is 5.12 Å². The van der Waals surface area contributed by atoms with Crippen LogP contribution in [0.25, 0.3) is 0 Å². The van der Waals surface area contributed by atoms with Crippen LogP contribution in [0.15, 0.2) is 30.3 Å². The van der Waals surface area contributed by atoms with E-state index in [4.69, 9.17) is 9.47 Å². The van der Waals surface area contributed by atoms with Crippen LogP contribution in [0.3, 0.4) is 0 Å². The molecule has 0 aliphatic carbocycles. The molecule has 2 amide bonds. The second-order valence-corrected chi connectivity index (χ2v) is 9.83. The number of carbonyl (C=O) groups is 3. The van der Waals surface area contributed by atoms with E-state index in [0.29, 0.717) is 31.7 Å². The fourth-order valence-corrected chi connectivity index (χ4v) is 4.16. The minimum atomic E-state index is -0.658. The first kappa shape index (κ1) is 24.1. The number of thioether (sulfide) groups is 1. The molecule has 1 N–H and O–H groups in total. The van der Waals surface area contributed by atoms with Crippen molar-refractivity contribution < 1.29 is 23.9 Å². The Kier molecular flexibility index (Phi) is 8.58. The van der Waals surface area contributed by atoms with Crippen LogP contribution in [0.5, 0.6) is 0 Å². The van der Waals surface area contributed by atoms with Crippen LogP contribution in [-0.2, 0) is 20.9 Å². The minimum absolute atomic E-state index is 0.0253. The van der Waals surface area contributed by atoms with Crippen molar-refractivity contribution in [3.05, 3.63) is 35.9 Å². The highest BCUT2D eigenvalue weighted by Crippen LogP contribution is 2.28. The lowest BCUT2D eigenvalue weighted by Gasteiger charge is -2.43. The molecule has 7 nitrogen and oxygen atoms in total. The summed E-state index contributed by atoms with van der Waals surface area (Å²) in [5.41, 5.74) is -0.365. The third-order valence-corrected chi connectivity index (χ3v) is 5.51. The smallest absolute Gasteiger partial charge is 0.410 e. The van der Waals surface area contributed by atoms with E-state index >= 15 is 0 Å². The molecular formula is C22H32N2O5S. The van der Waals surface area contributed by atoms with E-state index in [0.717, 1.165) is 12.0 Å². The van der Waals surface area contributed by atoms with Gasteiger partial charge in [-0.05, 0) is 45.6 Å². The van der Waals surface area contributed by atoms with E-state index in [9.17, 15) is 14.4 Å². The molecule has 1 saturated heterocycles. The third kappa shape index (κ3) is 8.26. The minimum Gasteiger partial charge on any atom is -0.445 e. The van der Waals surface area contributed by atoms with E-state index in [-0.39, 0.29) is 11.7 Å². The molecule has 166 valence electrons. The second kappa shape index (κ2) is 10.7. The molecule has 1 unspecified atom stereocenters. The van der Waals surface area contributed by atoms with E-state index in [2.05, 4.69) is 5.32 Å². The lowest BCUT2D eigenvalue weighted by atomic mass is 9.86. The lowest BCUT2D eigenvalue weighted by molar-refractivity contribution is -0.109. The Morgan fingerprint density at radius 3 is 2.53 bits per heavy atom. The first-order valence-corrected chi connectivity index (χ1v) is 11.2. The number of carbonyl (C=O) groups excluding carboxylic acids is 3. The zero-order valence-electron chi connectivity index (χ0n) is 18.2. The van der Waals surface area contributed by atoms with Gasteiger partial charge in [0.2, 0.25) is 0 Å². The molecule has 0 saturated carbocycles. The van der Waals surface area contributed by atoms with Crippen molar-refractivity contribution in [1.82, 2.24) is 10.2 Å². The van der Waals surface area contributed by atoms with Gasteiger partial charge in [0.25, 0.3) is 0 Å². The maximum Gasteiger partial charge on any atom is 0.410 e.